The van der Waals surface area contributed by atoms with Gasteiger partial charge in [0.05, 0.1) is 17.9 Å². The zero-order chi connectivity index (χ0) is 16.1. The summed E-state index contributed by atoms with van der Waals surface area (Å²) in [6, 6.07) is 3.05. The third kappa shape index (κ3) is 2.06. The first-order valence-electron chi connectivity index (χ1n) is 9.36. The Hall–Kier alpha value is -2.04. The van der Waals surface area contributed by atoms with Crippen LogP contribution in [0.4, 0.5) is 5.69 Å². The molecule has 0 atom stereocenters. The van der Waals surface area contributed by atoms with Crippen molar-refractivity contribution in [3.8, 4) is 0 Å². The number of hydrogen-bond donors (Lipinski definition) is 1. The molecule has 2 aromatic heterocycles. The molecular weight excluding hydrogens is 300 g/mol. The first kappa shape index (κ1) is 14.3. The molecule has 24 heavy (non-hydrogen) atoms. The summed E-state index contributed by atoms with van der Waals surface area (Å²) in [4.78, 5) is 25.4. The normalized spacial score (nSPS) is 22.8. The van der Waals surface area contributed by atoms with Crippen molar-refractivity contribution < 1.29 is 4.79 Å². The minimum absolute atomic E-state index is 0.178. The fourth-order valence-electron chi connectivity index (χ4n) is 4.58. The number of hydrogen-bond acceptors (Lipinski definition) is 3. The average molecular weight is 324 g/mol. The molecule has 3 aliphatic rings. The maximum Gasteiger partial charge on any atom is 0.259 e. The summed E-state index contributed by atoms with van der Waals surface area (Å²) in [5.41, 5.74) is 2.80. The number of fused-ring (bicyclic) bond motifs is 3. The van der Waals surface area contributed by atoms with Crippen LogP contribution in [-0.2, 0) is 0 Å². The van der Waals surface area contributed by atoms with Crippen LogP contribution in [0.3, 0.4) is 0 Å². The fourth-order valence-corrected chi connectivity index (χ4v) is 4.58. The second kappa shape index (κ2) is 5.50. The number of rotatable bonds is 2. The van der Waals surface area contributed by atoms with Gasteiger partial charge in [-0.1, -0.05) is 19.3 Å². The Bertz CT molecular complexity index is 773. The van der Waals surface area contributed by atoms with E-state index in [1.165, 1.54) is 38.5 Å². The van der Waals surface area contributed by atoms with Crippen molar-refractivity contribution in [1.82, 2.24) is 14.9 Å². The zero-order valence-corrected chi connectivity index (χ0v) is 14.0. The maximum absolute atomic E-state index is 13.1. The Morgan fingerprint density at radius 1 is 1.00 bits per heavy atom. The summed E-state index contributed by atoms with van der Waals surface area (Å²) < 4.78 is 0. The van der Waals surface area contributed by atoms with E-state index < -0.39 is 0 Å². The van der Waals surface area contributed by atoms with Gasteiger partial charge in [-0.2, -0.15) is 0 Å². The molecule has 0 aromatic carbocycles. The van der Waals surface area contributed by atoms with E-state index in [0.29, 0.717) is 12.1 Å². The molecule has 2 fully saturated rings. The number of nitrogens with one attached hydrogen (secondary N) is 1. The van der Waals surface area contributed by atoms with Crippen LogP contribution in [0.25, 0.3) is 11.0 Å². The summed E-state index contributed by atoms with van der Waals surface area (Å²) in [6.45, 7) is 0.755. The van der Waals surface area contributed by atoms with E-state index in [2.05, 4.69) is 25.8 Å². The van der Waals surface area contributed by atoms with Crippen LogP contribution >= 0.6 is 0 Å². The molecule has 2 saturated carbocycles. The van der Waals surface area contributed by atoms with Crippen LogP contribution in [0.15, 0.2) is 18.5 Å². The standard InChI is InChI=1S/C19H24N4O/c24-19-16-11-21-18-15(9-10-20-18)17(16)22(13-5-2-1-3-6-13)12-23(19)14-7-4-8-14/h9-11,13-14H,1-8,12H2,(H,20,21). The average Bonchev–Trinajstić information content (AvgIpc) is 3.05. The van der Waals surface area contributed by atoms with Crippen molar-refractivity contribution >= 4 is 22.6 Å². The molecule has 0 bridgehead atoms. The number of carbonyl (C=O) groups is 1. The highest BCUT2D eigenvalue weighted by Gasteiger charge is 2.39. The highest BCUT2D eigenvalue weighted by molar-refractivity contribution is 6.08. The van der Waals surface area contributed by atoms with Crippen LogP contribution in [0, 0.1) is 0 Å². The fraction of sp³-hybridized carbons (Fsp3) is 0.579. The summed E-state index contributed by atoms with van der Waals surface area (Å²) in [5, 5.41) is 1.10. The van der Waals surface area contributed by atoms with Crippen molar-refractivity contribution in [1.29, 1.82) is 0 Å². The molecule has 3 heterocycles. The van der Waals surface area contributed by atoms with Crippen LogP contribution in [0.5, 0.6) is 0 Å². The van der Waals surface area contributed by atoms with E-state index >= 15 is 0 Å². The molecule has 5 nitrogen and oxygen atoms in total. The summed E-state index contributed by atoms with van der Waals surface area (Å²) in [6.07, 6.45) is 13.7. The number of amides is 1. The van der Waals surface area contributed by atoms with Crippen LogP contribution in [0.1, 0.15) is 61.7 Å². The lowest BCUT2D eigenvalue weighted by atomic mass is 9.89. The molecule has 0 spiro atoms. The molecule has 2 aliphatic carbocycles. The van der Waals surface area contributed by atoms with Gasteiger partial charge >= 0.3 is 0 Å². The predicted molar refractivity (Wildman–Crippen MR) is 94.1 cm³/mol. The van der Waals surface area contributed by atoms with Crippen LogP contribution < -0.4 is 4.90 Å². The van der Waals surface area contributed by atoms with E-state index in [-0.39, 0.29) is 5.91 Å². The molecule has 1 N–H and O–H groups in total. The molecule has 1 aliphatic heterocycles. The Labute approximate surface area is 142 Å². The lowest BCUT2D eigenvalue weighted by Crippen LogP contribution is -2.56. The van der Waals surface area contributed by atoms with E-state index in [0.717, 1.165) is 41.8 Å². The number of aromatic amines is 1. The second-order valence-corrected chi connectivity index (χ2v) is 7.52. The van der Waals surface area contributed by atoms with Gasteiger partial charge in [-0.15, -0.1) is 0 Å². The minimum Gasteiger partial charge on any atom is -0.349 e. The smallest absolute Gasteiger partial charge is 0.259 e. The van der Waals surface area contributed by atoms with Crippen LogP contribution in [0.2, 0.25) is 0 Å². The topological polar surface area (TPSA) is 52.2 Å². The van der Waals surface area contributed by atoms with Gasteiger partial charge in [-0.25, -0.2) is 4.98 Å². The molecule has 2 aromatic rings. The van der Waals surface area contributed by atoms with E-state index in [1.54, 1.807) is 6.20 Å². The van der Waals surface area contributed by atoms with Gasteiger partial charge in [-0.3, -0.25) is 4.79 Å². The second-order valence-electron chi connectivity index (χ2n) is 7.52. The van der Waals surface area contributed by atoms with Crippen molar-refractivity contribution in [2.45, 2.75) is 63.5 Å². The lowest BCUT2D eigenvalue weighted by Gasteiger charge is -2.48. The zero-order valence-electron chi connectivity index (χ0n) is 14.0. The van der Waals surface area contributed by atoms with E-state index in [9.17, 15) is 4.79 Å². The first-order chi connectivity index (χ1) is 11.8. The lowest BCUT2D eigenvalue weighted by molar-refractivity contribution is 0.0548. The van der Waals surface area contributed by atoms with Gasteiger partial charge < -0.3 is 14.8 Å². The number of anilines is 1. The van der Waals surface area contributed by atoms with Crippen molar-refractivity contribution in [2.24, 2.45) is 0 Å². The largest absolute Gasteiger partial charge is 0.349 e. The monoisotopic (exact) mass is 324 g/mol. The number of nitrogens with zero attached hydrogens (tertiary/aromatic N) is 3. The van der Waals surface area contributed by atoms with Gasteiger partial charge in [0.25, 0.3) is 5.91 Å². The molecule has 1 amide bonds. The quantitative estimate of drug-likeness (QED) is 0.917. The van der Waals surface area contributed by atoms with E-state index in [1.807, 2.05) is 6.20 Å². The Morgan fingerprint density at radius 3 is 2.50 bits per heavy atom. The maximum atomic E-state index is 13.1. The number of aromatic nitrogens is 2. The SMILES string of the molecule is O=C1c2cnc3[nH]ccc3c2N(C2CCCCC2)CN1C1CCC1. The van der Waals surface area contributed by atoms with Gasteiger partial charge in [0.2, 0.25) is 0 Å². The summed E-state index contributed by atoms with van der Waals surface area (Å²) in [5.74, 6) is 0.178. The summed E-state index contributed by atoms with van der Waals surface area (Å²) in [7, 11) is 0. The Balaban J connectivity index is 1.63. The van der Waals surface area contributed by atoms with Crippen LogP contribution in [-0.4, -0.2) is 39.5 Å². The molecule has 0 radical (unpaired) electrons. The van der Waals surface area contributed by atoms with Gasteiger partial charge in [0, 0.05) is 29.9 Å². The van der Waals surface area contributed by atoms with Crippen molar-refractivity contribution in [3.63, 3.8) is 0 Å². The molecule has 5 heteroatoms. The Morgan fingerprint density at radius 2 is 1.75 bits per heavy atom. The van der Waals surface area contributed by atoms with Gasteiger partial charge in [0.15, 0.2) is 0 Å². The third-order valence-corrected chi connectivity index (χ3v) is 6.17. The number of carbonyl (C=O) groups excluding carboxylic acids is 1. The number of H-pyrrole nitrogens is 1. The van der Waals surface area contributed by atoms with Crippen molar-refractivity contribution in [3.05, 3.63) is 24.0 Å². The number of pyridine rings is 1. The van der Waals surface area contributed by atoms with Gasteiger partial charge in [-0.05, 0) is 38.2 Å². The predicted octanol–water partition coefficient (Wildman–Crippen LogP) is 3.67. The third-order valence-electron chi connectivity index (χ3n) is 6.17. The summed E-state index contributed by atoms with van der Waals surface area (Å²) >= 11 is 0. The minimum atomic E-state index is 0.178. The molecule has 0 unspecified atom stereocenters. The molecule has 5 rings (SSSR count). The molecular formula is C19H24N4O. The first-order valence-corrected chi connectivity index (χ1v) is 9.36. The van der Waals surface area contributed by atoms with E-state index in [4.69, 9.17) is 0 Å². The Kier molecular flexibility index (Phi) is 3.28. The van der Waals surface area contributed by atoms with Gasteiger partial charge in [0.1, 0.15) is 5.65 Å². The highest BCUT2D eigenvalue weighted by Crippen LogP contribution is 2.40. The molecule has 0 saturated heterocycles. The van der Waals surface area contributed by atoms with Crippen molar-refractivity contribution in [2.75, 3.05) is 11.6 Å². The molecule has 126 valence electrons. The highest BCUT2D eigenvalue weighted by atomic mass is 16.2.